The van der Waals surface area contributed by atoms with Gasteiger partial charge in [-0.2, -0.15) is 8.42 Å². The third-order valence-electron chi connectivity index (χ3n) is 5.09. The lowest BCUT2D eigenvalue weighted by Crippen LogP contribution is -2.52. The van der Waals surface area contributed by atoms with Crippen molar-refractivity contribution in [2.75, 3.05) is 0 Å². The Kier molecular flexibility index (Phi) is 13.7. The summed E-state index contributed by atoms with van der Waals surface area (Å²) >= 11 is 0. The summed E-state index contributed by atoms with van der Waals surface area (Å²) in [6.07, 6.45) is 15.8. The lowest BCUT2D eigenvalue weighted by Gasteiger charge is -2.27. The number of nitrogens with one attached hydrogen (secondary N) is 1. The van der Waals surface area contributed by atoms with E-state index in [1.54, 1.807) is 0 Å². The van der Waals surface area contributed by atoms with Crippen molar-refractivity contribution in [3.63, 3.8) is 0 Å². The third kappa shape index (κ3) is 12.2. The molecule has 0 aromatic heterocycles. The van der Waals surface area contributed by atoms with Crippen molar-refractivity contribution in [2.45, 2.75) is 116 Å². The summed E-state index contributed by atoms with van der Waals surface area (Å²) in [5, 5.41) is 2.40. The topological polar surface area (TPSA) is 83.5 Å². The first-order valence-electron chi connectivity index (χ1n) is 10.6. The highest BCUT2D eigenvalue weighted by Gasteiger charge is 2.38. The van der Waals surface area contributed by atoms with Crippen LogP contribution in [-0.4, -0.2) is 23.7 Å². The van der Waals surface area contributed by atoms with E-state index in [1.807, 2.05) is 0 Å². The van der Waals surface area contributed by atoms with Gasteiger partial charge in [0, 0.05) is 5.57 Å². The second-order valence-corrected chi connectivity index (χ2v) is 9.78. The zero-order valence-corrected chi connectivity index (χ0v) is 18.5. The van der Waals surface area contributed by atoms with Gasteiger partial charge in [0.05, 0.1) is 0 Å². The summed E-state index contributed by atoms with van der Waals surface area (Å²) in [5.74, 6) is -0.551. The van der Waals surface area contributed by atoms with Crippen molar-refractivity contribution in [3.8, 4) is 0 Å². The van der Waals surface area contributed by atoms with Crippen molar-refractivity contribution in [2.24, 2.45) is 0 Å². The fraction of sp³-hybridized carbons (Fsp3) is 0.857. The van der Waals surface area contributed by atoms with E-state index in [-0.39, 0.29) is 12.0 Å². The number of unbranched alkanes of at least 4 members (excludes halogenated alkanes) is 12. The van der Waals surface area contributed by atoms with Crippen LogP contribution in [0.15, 0.2) is 12.2 Å². The first-order chi connectivity index (χ1) is 12.6. The molecular weight excluding hydrogens is 362 g/mol. The molecule has 0 bridgehead atoms. The van der Waals surface area contributed by atoms with Crippen LogP contribution in [0.3, 0.4) is 0 Å². The lowest BCUT2D eigenvalue weighted by atomic mass is 10.0. The van der Waals surface area contributed by atoms with E-state index in [0.717, 1.165) is 19.3 Å². The Hall–Kier alpha value is -0.880. The van der Waals surface area contributed by atoms with Crippen molar-refractivity contribution < 1.29 is 17.8 Å². The van der Waals surface area contributed by atoms with Crippen LogP contribution in [0.25, 0.3) is 0 Å². The van der Waals surface area contributed by atoms with Crippen molar-refractivity contribution in [3.05, 3.63) is 12.2 Å². The predicted molar refractivity (Wildman–Crippen MR) is 113 cm³/mol. The smallest absolute Gasteiger partial charge is 0.288 e. The number of carbonyl (C=O) groups is 1. The lowest BCUT2D eigenvalue weighted by molar-refractivity contribution is -0.118. The summed E-state index contributed by atoms with van der Waals surface area (Å²) in [7, 11) is -4.38. The zero-order valence-electron chi connectivity index (χ0n) is 17.7. The van der Waals surface area contributed by atoms with Gasteiger partial charge < -0.3 is 5.32 Å². The largest absolute Gasteiger partial charge is 0.332 e. The predicted octanol–water partition coefficient (Wildman–Crippen LogP) is 5.76. The summed E-state index contributed by atoms with van der Waals surface area (Å²) in [5.41, 5.74) is 0.218. The maximum atomic E-state index is 11.8. The molecule has 0 aromatic rings. The summed E-state index contributed by atoms with van der Waals surface area (Å²) in [4.78, 5) is 10.1. The molecule has 0 aliphatic carbocycles. The molecule has 0 aromatic carbocycles. The first kappa shape index (κ1) is 26.1. The monoisotopic (exact) mass is 403 g/mol. The number of carbonyl (C=O) groups excluding carboxylic acids is 1. The molecule has 0 rings (SSSR count). The number of rotatable bonds is 17. The minimum atomic E-state index is -4.38. The van der Waals surface area contributed by atoms with E-state index in [1.165, 1.54) is 71.6 Å². The molecule has 1 amide bonds. The SMILES string of the molecule is C=C(C)C(=O)NC(C)(CCCCCCCCCCCCCCC)S(=O)(=O)O. The van der Waals surface area contributed by atoms with Gasteiger partial charge in [0.2, 0.25) is 5.91 Å². The Morgan fingerprint density at radius 2 is 1.26 bits per heavy atom. The molecule has 160 valence electrons. The van der Waals surface area contributed by atoms with Crippen LogP contribution in [0.2, 0.25) is 0 Å². The fourth-order valence-electron chi connectivity index (χ4n) is 3.08. The molecule has 0 saturated heterocycles. The molecule has 0 aliphatic rings. The van der Waals surface area contributed by atoms with Crippen LogP contribution < -0.4 is 5.32 Å². The van der Waals surface area contributed by atoms with Crippen molar-refractivity contribution in [1.29, 1.82) is 0 Å². The molecule has 6 heteroatoms. The van der Waals surface area contributed by atoms with Gasteiger partial charge >= 0.3 is 0 Å². The van der Waals surface area contributed by atoms with Gasteiger partial charge in [-0.05, 0) is 26.7 Å². The Morgan fingerprint density at radius 1 is 0.889 bits per heavy atom. The Balaban J connectivity index is 3.87. The molecule has 1 unspecified atom stereocenters. The van der Waals surface area contributed by atoms with Crippen LogP contribution in [-0.2, 0) is 14.9 Å². The quantitative estimate of drug-likeness (QED) is 0.184. The fourth-order valence-corrected chi connectivity index (χ4v) is 3.71. The third-order valence-corrected chi connectivity index (χ3v) is 6.54. The standard InChI is InChI=1S/C21H41NO4S/c1-5-6-7-8-9-10-11-12-13-14-15-16-17-18-21(4,27(24,25)26)22-20(23)19(2)3/h2,5-18H2,1,3-4H3,(H,22,23)(H,24,25,26). The molecule has 0 saturated carbocycles. The number of amides is 1. The summed E-state index contributed by atoms with van der Waals surface area (Å²) in [6.45, 7) is 8.60. The Labute approximate surface area is 167 Å². The van der Waals surface area contributed by atoms with Gasteiger partial charge in [-0.15, -0.1) is 0 Å². The number of hydrogen-bond donors (Lipinski definition) is 2. The van der Waals surface area contributed by atoms with Gasteiger partial charge in [0.1, 0.15) is 0 Å². The van der Waals surface area contributed by atoms with Crippen LogP contribution in [0.4, 0.5) is 0 Å². The van der Waals surface area contributed by atoms with Gasteiger partial charge in [0.25, 0.3) is 10.1 Å². The second-order valence-electron chi connectivity index (χ2n) is 7.93. The molecule has 27 heavy (non-hydrogen) atoms. The Morgan fingerprint density at radius 3 is 1.59 bits per heavy atom. The highest BCUT2D eigenvalue weighted by Crippen LogP contribution is 2.22. The highest BCUT2D eigenvalue weighted by molar-refractivity contribution is 7.87. The van der Waals surface area contributed by atoms with Crippen LogP contribution in [0.5, 0.6) is 0 Å². The van der Waals surface area contributed by atoms with E-state index in [4.69, 9.17) is 0 Å². The van der Waals surface area contributed by atoms with E-state index in [0.29, 0.717) is 6.42 Å². The van der Waals surface area contributed by atoms with Crippen LogP contribution >= 0.6 is 0 Å². The van der Waals surface area contributed by atoms with Crippen molar-refractivity contribution in [1.82, 2.24) is 5.32 Å². The molecule has 0 fully saturated rings. The average molecular weight is 404 g/mol. The van der Waals surface area contributed by atoms with Crippen LogP contribution in [0, 0.1) is 0 Å². The van der Waals surface area contributed by atoms with Gasteiger partial charge in [-0.1, -0.05) is 90.6 Å². The Bertz CT molecular complexity index is 530. The molecule has 1 atom stereocenters. The molecule has 0 heterocycles. The maximum absolute atomic E-state index is 11.8. The molecule has 0 spiro atoms. The molecular formula is C21H41NO4S. The maximum Gasteiger partial charge on any atom is 0.288 e. The minimum absolute atomic E-state index is 0.197. The van der Waals surface area contributed by atoms with E-state index < -0.39 is 20.9 Å². The second kappa shape index (κ2) is 14.2. The van der Waals surface area contributed by atoms with E-state index in [9.17, 15) is 17.8 Å². The number of hydrogen-bond acceptors (Lipinski definition) is 3. The molecule has 0 radical (unpaired) electrons. The van der Waals surface area contributed by atoms with E-state index in [2.05, 4.69) is 18.8 Å². The molecule has 5 nitrogen and oxygen atoms in total. The normalized spacial score (nSPS) is 13.9. The van der Waals surface area contributed by atoms with Gasteiger partial charge in [-0.25, -0.2) is 0 Å². The summed E-state index contributed by atoms with van der Waals surface area (Å²) < 4.78 is 32.8. The average Bonchev–Trinajstić information content (AvgIpc) is 2.57. The minimum Gasteiger partial charge on any atom is -0.332 e. The molecule has 0 aliphatic heterocycles. The molecule has 2 N–H and O–H groups in total. The van der Waals surface area contributed by atoms with Gasteiger partial charge in [0.15, 0.2) is 4.87 Å². The van der Waals surface area contributed by atoms with Crippen molar-refractivity contribution >= 4 is 16.0 Å². The highest BCUT2D eigenvalue weighted by atomic mass is 32.2. The van der Waals surface area contributed by atoms with Gasteiger partial charge in [-0.3, -0.25) is 9.35 Å². The van der Waals surface area contributed by atoms with Crippen LogP contribution in [0.1, 0.15) is 111 Å². The zero-order chi connectivity index (χ0) is 20.8. The summed E-state index contributed by atoms with van der Waals surface area (Å²) in [6, 6.07) is 0. The first-order valence-corrected chi connectivity index (χ1v) is 12.0. The van der Waals surface area contributed by atoms with E-state index >= 15 is 0 Å².